The highest BCUT2D eigenvalue weighted by Gasteiger charge is 2.32. The summed E-state index contributed by atoms with van der Waals surface area (Å²) in [6.07, 6.45) is 5.40. The monoisotopic (exact) mass is 268 g/mol. The van der Waals surface area contributed by atoms with Crippen LogP contribution in [-0.2, 0) is 4.79 Å². The molecule has 0 aromatic carbocycles. The Hall–Kier alpha value is -0.610. The van der Waals surface area contributed by atoms with Gasteiger partial charge in [-0.3, -0.25) is 9.69 Å². The van der Waals surface area contributed by atoms with Gasteiger partial charge in [0.15, 0.2) is 0 Å². The summed E-state index contributed by atoms with van der Waals surface area (Å²) in [6.45, 7) is 7.62. The summed E-state index contributed by atoms with van der Waals surface area (Å²) >= 11 is 0. The minimum Gasteiger partial charge on any atom is -0.393 e. The molecule has 0 aliphatic carbocycles. The molecule has 2 saturated heterocycles. The number of nitrogens with zero attached hydrogens (tertiary/aromatic N) is 2. The van der Waals surface area contributed by atoms with Crippen molar-refractivity contribution in [3.05, 3.63) is 0 Å². The van der Waals surface area contributed by atoms with Crippen LogP contribution in [0.3, 0.4) is 0 Å². The Labute approximate surface area is 116 Å². The third kappa shape index (κ3) is 3.69. The molecule has 3 atom stereocenters. The second kappa shape index (κ2) is 6.71. The van der Waals surface area contributed by atoms with E-state index in [1.54, 1.807) is 0 Å². The third-order valence-corrected chi connectivity index (χ3v) is 4.71. The third-order valence-electron chi connectivity index (χ3n) is 4.71. The molecule has 0 aromatic heterocycles. The predicted octanol–water partition coefficient (Wildman–Crippen LogP) is 1.48. The van der Waals surface area contributed by atoms with E-state index in [-0.39, 0.29) is 24.0 Å². The van der Waals surface area contributed by atoms with Gasteiger partial charge in [-0.15, -0.1) is 0 Å². The van der Waals surface area contributed by atoms with E-state index < -0.39 is 0 Å². The van der Waals surface area contributed by atoms with Gasteiger partial charge in [0, 0.05) is 26.2 Å². The molecule has 2 fully saturated rings. The SMILES string of the molecule is CC1CN(C(C)C(=O)N2CCCCCC2)CCC1O. The van der Waals surface area contributed by atoms with Crippen molar-refractivity contribution in [3.63, 3.8) is 0 Å². The molecule has 3 unspecified atom stereocenters. The summed E-state index contributed by atoms with van der Waals surface area (Å²) in [5.74, 6) is 0.554. The largest absolute Gasteiger partial charge is 0.393 e. The zero-order valence-corrected chi connectivity index (χ0v) is 12.3. The van der Waals surface area contributed by atoms with Crippen molar-refractivity contribution in [2.24, 2.45) is 5.92 Å². The Kier molecular flexibility index (Phi) is 5.22. The normalized spacial score (nSPS) is 31.8. The fourth-order valence-electron chi connectivity index (χ4n) is 3.23. The first-order valence-corrected chi connectivity index (χ1v) is 7.80. The Morgan fingerprint density at radius 1 is 1.16 bits per heavy atom. The first-order chi connectivity index (χ1) is 9.09. The summed E-state index contributed by atoms with van der Waals surface area (Å²) in [7, 11) is 0. The Morgan fingerprint density at radius 2 is 1.79 bits per heavy atom. The summed E-state index contributed by atoms with van der Waals surface area (Å²) in [4.78, 5) is 16.8. The minimum atomic E-state index is -0.197. The van der Waals surface area contributed by atoms with Crippen LogP contribution in [0.5, 0.6) is 0 Å². The molecule has 4 nitrogen and oxygen atoms in total. The lowest BCUT2D eigenvalue weighted by atomic mass is 9.95. The number of likely N-dealkylation sites (tertiary alicyclic amines) is 2. The van der Waals surface area contributed by atoms with Crippen molar-refractivity contribution in [1.29, 1.82) is 0 Å². The molecular weight excluding hydrogens is 240 g/mol. The smallest absolute Gasteiger partial charge is 0.239 e. The topological polar surface area (TPSA) is 43.8 Å². The number of piperidine rings is 1. The molecule has 0 bridgehead atoms. The lowest BCUT2D eigenvalue weighted by Gasteiger charge is -2.39. The maximum absolute atomic E-state index is 12.6. The predicted molar refractivity (Wildman–Crippen MR) is 75.9 cm³/mol. The van der Waals surface area contributed by atoms with Crippen molar-refractivity contribution in [2.75, 3.05) is 26.2 Å². The summed E-state index contributed by atoms with van der Waals surface area (Å²) in [6, 6.07) is -0.0342. The molecule has 110 valence electrons. The van der Waals surface area contributed by atoms with Gasteiger partial charge in [0.2, 0.25) is 5.91 Å². The molecular formula is C15H28N2O2. The van der Waals surface area contributed by atoms with E-state index in [0.29, 0.717) is 0 Å². The van der Waals surface area contributed by atoms with Crippen molar-refractivity contribution in [3.8, 4) is 0 Å². The van der Waals surface area contributed by atoms with Crippen molar-refractivity contribution in [2.45, 2.75) is 58.1 Å². The summed E-state index contributed by atoms with van der Waals surface area (Å²) in [5, 5.41) is 9.78. The second-order valence-electron chi connectivity index (χ2n) is 6.24. The summed E-state index contributed by atoms with van der Waals surface area (Å²) in [5.41, 5.74) is 0. The molecule has 2 aliphatic rings. The van der Waals surface area contributed by atoms with Crippen LogP contribution < -0.4 is 0 Å². The van der Waals surface area contributed by atoms with E-state index in [1.165, 1.54) is 12.8 Å². The number of hydrogen-bond donors (Lipinski definition) is 1. The van der Waals surface area contributed by atoms with E-state index in [9.17, 15) is 9.90 Å². The Morgan fingerprint density at radius 3 is 2.37 bits per heavy atom. The van der Waals surface area contributed by atoms with Gasteiger partial charge in [-0.05, 0) is 32.1 Å². The molecule has 0 aromatic rings. The zero-order valence-electron chi connectivity index (χ0n) is 12.3. The number of carbonyl (C=O) groups excluding carboxylic acids is 1. The van der Waals surface area contributed by atoms with Crippen molar-refractivity contribution in [1.82, 2.24) is 9.80 Å². The standard InChI is InChI=1S/C15H28N2O2/c1-12-11-17(10-7-14(12)18)13(2)15(19)16-8-5-3-4-6-9-16/h12-14,18H,3-11H2,1-2H3. The van der Waals surface area contributed by atoms with Crippen LogP contribution in [0.2, 0.25) is 0 Å². The van der Waals surface area contributed by atoms with Crippen LogP contribution in [0.15, 0.2) is 0 Å². The van der Waals surface area contributed by atoms with Crippen LogP contribution >= 0.6 is 0 Å². The van der Waals surface area contributed by atoms with Crippen LogP contribution in [0.1, 0.15) is 46.0 Å². The first-order valence-electron chi connectivity index (χ1n) is 7.80. The Bertz CT molecular complexity index is 301. The van der Waals surface area contributed by atoms with E-state index in [1.807, 2.05) is 11.8 Å². The quantitative estimate of drug-likeness (QED) is 0.825. The van der Waals surface area contributed by atoms with E-state index in [0.717, 1.165) is 45.4 Å². The molecule has 0 radical (unpaired) electrons. The fraction of sp³-hybridized carbons (Fsp3) is 0.933. The van der Waals surface area contributed by atoms with Crippen LogP contribution in [0.25, 0.3) is 0 Å². The highest BCUT2D eigenvalue weighted by molar-refractivity contribution is 5.81. The minimum absolute atomic E-state index is 0.0342. The Balaban J connectivity index is 1.90. The molecule has 19 heavy (non-hydrogen) atoms. The van der Waals surface area contributed by atoms with E-state index >= 15 is 0 Å². The first kappa shape index (κ1) is 14.8. The van der Waals surface area contributed by atoms with Gasteiger partial charge in [0.25, 0.3) is 0 Å². The molecule has 0 spiro atoms. The maximum atomic E-state index is 12.6. The number of aliphatic hydroxyl groups is 1. The number of hydrogen-bond acceptors (Lipinski definition) is 3. The molecule has 4 heteroatoms. The van der Waals surface area contributed by atoms with E-state index in [2.05, 4.69) is 11.8 Å². The lowest BCUT2D eigenvalue weighted by molar-refractivity contribution is -0.137. The van der Waals surface area contributed by atoms with Crippen molar-refractivity contribution < 1.29 is 9.90 Å². The van der Waals surface area contributed by atoms with Gasteiger partial charge < -0.3 is 10.0 Å². The molecule has 2 aliphatic heterocycles. The maximum Gasteiger partial charge on any atom is 0.239 e. The van der Waals surface area contributed by atoms with Crippen LogP contribution in [0, 0.1) is 5.92 Å². The fourth-order valence-corrected chi connectivity index (χ4v) is 3.23. The van der Waals surface area contributed by atoms with E-state index in [4.69, 9.17) is 0 Å². The highest BCUT2D eigenvalue weighted by Crippen LogP contribution is 2.20. The lowest BCUT2D eigenvalue weighted by Crippen LogP contribution is -2.52. The number of carbonyl (C=O) groups is 1. The number of amides is 1. The average Bonchev–Trinajstić information content (AvgIpc) is 2.69. The van der Waals surface area contributed by atoms with Gasteiger partial charge in [0.1, 0.15) is 0 Å². The van der Waals surface area contributed by atoms with Gasteiger partial charge in [-0.25, -0.2) is 0 Å². The van der Waals surface area contributed by atoms with Crippen LogP contribution in [-0.4, -0.2) is 59.1 Å². The second-order valence-corrected chi connectivity index (χ2v) is 6.24. The number of aliphatic hydroxyl groups excluding tert-OH is 1. The average molecular weight is 268 g/mol. The molecule has 1 amide bonds. The molecule has 1 N–H and O–H groups in total. The molecule has 2 rings (SSSR count). The summed E-state index contributed by atoms with van der Waals surface area (Å²) < 4.78 is 0. The van der Waals surface area contributed by atoms with Gasteiger partial charge in [-0.2, -0.15) is 0 Å². The molecule has 0 saturated carbocycles. The van der Waals surface area contributed by atoms with Crippen LogP contribution in [0.4, 0.5) is 0 Å². The van der Waals surface area contributed by atoms with Gasteiger partial charge >= 0.3 is 0 Å². The van der Waals surface area contributed by atoms with Gasteiger partial charge in [0.05, 0.1) is 12.1 Å². The van der Waals surface area contributed by atoms with Gasteiger partial charge in [-0.1, -0.05) is 19.8 Å². The molecule has 2 heterocycles. The van der Waals surface area contributed by atoms with Crippen molar-refractivity contribution >= 4 is 5.91 Å². The zero-order chi connectivity index (χ0) is 13.8. The number of rotatable bonds is 2. The highest BCUT2D eigenvalue weighted by atomic mass is 16.3.